The first-order chi connectivity index (χ1) is 8.97. The molecule has 102 valence electrons. The van der Waals surface area contributed by atoms with Gasteiger partial charge in [0.15, 0.2) is 11.6 Å². The van der Waals surface area contributed by atoms with Crippen LogP contribution in [0.5, 0.6) is 0 Å². The Morgan fingerprint density at radius 1 is 1.42 bits per heavy atom. The van der Waals surface area contributed by atoms with E-state index in [1.54, 1.807) is 6.92 Å². The molecule has 0 spiro atoms. The summed E-state index contributed by atoms with van der Waals surface area (Å²) >= 11 is 0. The number of carboxylic acids is 2. The van der Waals surface area contributed by atoms with Crippen molar-refractivity contribution < 1.29 is 29.3 Å². The summed E-state index contributed by atoms with van der Waals surface area (Å²) in [5, 5.41) is 17.3. The first kappa shape index (κ1) is 14.4. The molecule has 0 aliphatic heterocycles. The molecule has 19 heavy (non-hydrogen) atoms. The number of nitrogens with zero attached hydrogens (tertiary/aromatic N) is 1. The topological polar surface area (TPSA) is 129 Å². The molecule has 0 atom stereocenters. The zero-order chi connectivity index (χ0) is 14.4. The quantitative estimate of drug-likeness (QED) is 0.395. The van der Waals surface area contributed by atoms with Gasteiger partial charge in [0, 0.05) is 12.4 Å². The van der Waals surface area contributed by atoms with Gasteiger partial charge in [0.2, 0.25) is 0 Å². The molecular formula is C11H12N2O6. The Hall–Kier alpha value is -2.64. The summed E-state index contributed by atoms with van der Waals surface area (Å²) in [6.07, 6.45) is 2.16. The number of ether oxygens (including phenoxy) is 1. The van der Waals surface area contributed by atoms with E-state index >= 15 is 0 Å². The Balaban J connectivity index is 2.93. The molecule has 3 N–H and O–H groups in total. The van der Waals surface area contributed by atoms with Gasteiger partial charge in [-0.1, -0.05) is 0 Å². The zero-order valence-electron chi connectivity index (χ0n) is 9.99. The van der Waals surface area contributed by atoms with Crippen LogP contribution in [0.4, 0.5) is 5.69 Å². The van der Waals surface area contributed by atoms with Crippen LogP contribution in [-0.2, 0) is 14.3 Å². The van der Waals surface area contributed by atoms with Crippen LogP contribution in [0.2, 0.25) is 0 Å². The van der Waals surface area contributed by atoms with Crippen LogP contribution in [0.15, 0.2) is 17.3 Å². The van der Waals surface area contributed by atoms with Crippen molar-refractivity contribution in [3.8, 4) is 0 Å². The second kappa shape index (κ2) is 6.34. The number of carbonyl (C=O) groups excluding carboxylic acids is 1. The van der Waals surface area contributed by atoms with E-state index in [1.807, 2.05) is 0 Å². The molecule has 0 unspecified atom stereocenters. The van der Waals surface area contributed by atoms with Crippen LogP contribution < -0.4 is 0 Å². The number of H-pyrrole nitrogens is 1. The minimum absolute atomic E-state index is 0.0348. The number of aliphatic imine (C=N–C) groups is 1. The molecule has 0 fully saturated rings. The Morgan fingerprint density at radius 2 is 2.05 bits per heavy atom. The molecule has 0 saturated carbocycles. The largest absolute Gasteiger partial charge is 0.480 e. The summed E-state index contributed by atoms with van der Waals surface area (Å²) in [4.78, 5) is 39.1. The van der Waals surface area contributed by atoms with Gasteiger partial charge in [-0.15, -0.1) is 0 Å². The number of aromatic amines is 1. The minimum Gasteiger partial charge on any atom is -0.480 e. The fourth-order valence-electron chi connectivity index (χ4n) is 1.22. The number of hydrogen-bond acceptors (Lipinski definition) is 5. The maximum absolute atomic E-state index is 11.5. The second-order valence-corrected chi connectivity index (χ2v) is 3.39. The highest BCUT2D eigenvalue weighted by molar-refractivity contribution is 6.08. The molecular weight excluding hydrogens is 256 g/mol. The van der Waals surface area contributed by atoms with E-state index < -0.39 is 23.8 Å². The minimum atomic E-state index is -1.77. The maximum Gasteiger partial charge on any atom is 0.356 e. The lowest BCUT2D eigenvalue weighted by Gasteiger charge is -2.01. The van der Waals surface area contributed by atoms with E-state index in [4.69, 9.17) is 14.9 Å². The average molecular weight is 268 g/mol. The lowest BCUT2D eigenvalue weighted by Crippen LogP contribution is -2.24. The monoisotopic (exact) mass is 268 g/mol. The van der Waals surface area contributed by atoms with Crippen LogP contribution in [-0.4, -0.2) is 45.9 Å². The first-order valence-electron chi connectivity index (χ1n) is 5.31. The number of hydrogen-bond donors (Lipinski definition) is 3. The van der Waals surface area contributed by atoms with Crippen molar-refractivity contribution in [2.24, 2.45) is 10.9 Å². The molecule has 0 aliphatic carbocycles. The predicted octanol–water partition coefficient (Wildman–Crippen LogP) is 0.679. The van der Waals surface area contributed by atoms with E-state index in [-0.39, 0.29) is 18.0 Å². The summed E-state index contributed by atoms with van der Waals surface area (Å²) in [6, 6.07) is 1.41. The molecule has 1 aromatic heterocycles. The number of esters is 1. The highest BCUT2D eigenvalue weighted by atomic mass is 16.5. The maximum atomic E-state index is 11.5. The van der Waals surface area contributed by atoms with E-state index in [0.717, 1.165) is 6.21 Å². The third-order valence-electron chi connectivity index (χ3n) is 2.10. The van der Waals surface area contributed by atoms with Crippen LogP contribution in [0.3, 0.4) is 0 Å². The van der Waals surface area contributed by atoms with Gasteiger partial charge in [0.1, 0.15) is 0 Å². The van der Waals surface area contributed by atoms with E-state index in [0.29, 0.717) is 0 Å². The molecule has 0 saturated heterocycles. The van der Waals surface area contributed by atoms with Crippen molar-refractivity contribution >= 4 is 29.8 Å². The molecule has 0 bridgehead atoms. The van der Waals surface area contributed by atoms with Gasteiger partial charge in [0.25, 0.3) is 0 Å². The number of rotatable bonds is 6. The smallest absolute Gasteiger partial charge is 0.356 e. The summed E-state index contributed by atoms with van der Waals surface area (Å²) < 4.78 is 4.75. The van der Waals surface area contributed by atoms with Crippen LogP contribution in [0.1, 0.15) is 17.4 Å². The standard InChI is InChI=1S/C11H12N2O6/c1-2-19-11(18)8-7(3-4-12-8)13-5-6(9(14)15)10(16)17/h3-6,12H,2H2,1H3,(H,14,15)(H,16,17). The Labute approximate surface area is 107 Å². The van der Waals surface area contributed by atoms with Crippen molar-refractivity contribution in [1.82, 2.24) is 4.98 Å². The number of aromatic nitrogens is 1. The number of carboxylic acid groups (broad SMARTS) is 2. The summed E-state index contributed by atoms with van der Waals surface area (Å²) in [7, 11) is 0. The summed E-state index contributed by atoms with van der Waals surface area (Å²) in [5.41, 5.74) is 0.151. The Bertz CT molecular complexity index is 505. The van der Waals surface area contributed by atoms with Crippen molar-refractivity contribution in [3.05, 3.63) is 18.0 Å². The number of carbonyl (C=O) groups is 3. The Morgan fingerprint density at radius 3 is 2.58 bits per heavy atom. The van der Waals surface area contributed by atoms with Crippen molar-refractivity contribution in [3.63, 3.8) is 0 Å². The van der Waals surface area contributed by atoms with Crippen LogP contribution >= 0.6 is 0 Å². The van der Waals surface area contributed by atoms with Gasteiger partial charge >= 0.3 is 17.9 Å². The molecule has 1 heterocycles. The molecule has 1 rings (SSSR count). The highest BCUT2D eigenvalue weighted by Gasteiger charge is 2.23. The first-order valence-corrected chi connectivity index (χ1v) is 5.31. The van der Waals surface area contributed by atoms with Crippen molar-refractivity contribution in [1.29, 1.82) is 0 Å². The highest BCUT2D eigenvalue weighted by Crippen LogP contribution is 2.18. The molecule has 8 nitrogen and oxygen atoms in total. The summed E-state index contributed by atoms with van der Waals surface area (Å²) in [5.74, 6) is -5.50. The van der Waals surface area contributed by atoms with Crippen LogP contribution in [0, 0.1) is 5.92 Å². The average Bonchev–Trinajstić information content (AvgIpc) is 2.77. The molecule has 0 aromatic carbocycles. The van der Waals surface area contributed by atoms with Gasteiger partial charge in [-0.25, -0.2) is 4.79 Å². The van der Waals surface area contributed by atoms with E-state index in [9.17, 15) is 14.4 Å². The van der Waals surface area contributed by atoms with Crippen molar-refractivity contribution in [2.75, 3.05) is 6.61 Å². The van der Waals surface area contributed by atoms with Gasteiger partial charge in [-0.3, -0.25) is 14.6 Å². The molecule has 0 amide bonds. The van der Waals surface area contributed by atoms with Gasteiger partial charge < -0.3 is 19.9 Å². The normalized spacial score (nSPS) is 10.8. The molecule has 0 radical (unpaired) electrons. The fraction of sp³-hybridized carbons (Fsp3) is 0.273. The predicted molar refractivity (Wildman–Crippen MR) is 63.7 cm³/mol. The van der Waals surface area contributed by atoms with Gasteiger partial charge in [-0.2, -0.15) is 0 Å². The van der Waals surface area contributed by atoms with Crippen molar-refractivity contribution in [2.45, 2.75) is 6.92 Å². The second-order valence-electron chi connectivity index (χ2n) is 3.39. The van der Waals surface area contributed by atoms with E-state index in [1.165, 1.54) is 12.3 Å². The van der Waals surface area contributed by atoms with Gasteiger partial charge in [0.05, 0.1) is 12.3 Å². The lowest BCUT2D eigenvalue weighted by atomic mass is 10.2. The fourth-order valence-corrected chi connectivity index (χ4v) is 1.22. The third kappa shape index (κ3) is 3.66. The molecule has 8 heteroatoms. The van der Waals surface area contributed by atoms with Gasteiger partial charge in [-0.05, 0) is 13.0 Å². The molecule has 0 aliphatic rings. The molecule has 1 aromatic rings. The third-order valence-corrected chi connectivity index (χ3v) is 2.10. The zero-order valence-corrected chi connectivity index (χ0v) is 9.99. The number of nitrogens with one attached hydrogen (secondary N) is 1. The van der Waals surface area contributed by atoms with E-state index in [2.05, 4.69) is 9.98 Å². The SMILES string of the molecule is CCOC(=O)c1[nH]ccc1N=CC(C(=O)O)C(=O)O. The number of aliphatic carboxylic acids is 2. The van der Waals surface area contributed by atoms with Crippen LogP contribution in [0.25, 0.3) is 0 Å². The lowest BCUT2D eigenvalue weighted by molar-refractivity contribution is -0.150. The summed E-state index contributed by atoms with van der Waals surface area (Å²) in [6.45, 7) is 1.81. The Kier molecular flexibility index (Phi) is 4.81.